The van der Waals surface area contributed by atoms with Crippen LogP contribution >= 0.6 is 24.0 Å². The first-order valence-corrected chi connectivity index (χ1v) is 12.5. The molecule has 0 radical (unpaired) electrons. The predicted octanol–water partition coefficient (Wildman–Crippen LogP) is 6.13. The van der Waals surface area contributed by atoms with Gasteiger partial charge in [0.15, 0.2) is 11.5 Å². The second-order valence-corrected chi connectivity index (χ2v) is 9.52. The van der Waals surface area contributed by atoms with Crippen molar-refractivity contribution in [3.8, 4) is 17.6 Å². The first-order chi connectivity index (χ1) is 17.4. The van der Waals surface area contributed by atoms with E-state index in [-0.39, 0.29) is 15.7 Å². The molecule has 0 N–H and O–H groups in total. The summed E-state index contributed by atoms with van der Waals surface area (Å²) >= 11 is 6.44. The van der Waals surface area contributed by atoms with Crippen LogP contribution in [-0.2, 0) is 17.8 Å². The Balaban J connectivity index is 1.85. The summed E-state index contributed by atoms with van der Waals surface area (Å²) in [7, 11) is 1.54. The summed E-state index contributed by atoms with van der Waals surface area (Å²) in [6, 6.07) is 22.9. The third kappa shape index (κ3) is 7.44. The van der Waals surface area contributed by atoms with Gasteiger partial charge in [-0.1, -0.05) is 60.3 Å². The molecule has 0 aromatic heterocycles. The molecule has 0 saturated heterocycles. The van der Waals surface area contributed by atoms with E-state index in [4.69, 9.17) is 31.7 Å². The highest BCUT2D eigenvalue weighted by Crippen LogP contribution is 2.38. The zero-order valence-corrected chi connectivity index (χ0v) is 21.6. The Morgan fingerprint density at radius 2 is 1.81 bits per heavy atom. The van der Waals surface area contributed by atoms with Crippen LogP contribution in [0.5, 0.6) is 11.5 Å². The highest BCUT2D eigenvalue weighted by Gasteiger charge is 2.35. The van der Waals surface area contributed by atoms with Gasteiger partial charge in [-0.05, 0) is 60.1 Å². The van der Waals surface area contributed by atoms with Crippen LogP contribution in [0.15, 0.2) is 72.8 Å². The van der Waals surface area contributed by atoms with Gasteiger partial charge in [0.05, 0.1) is 25.3 Å². The van der Waals surface area contributed by atoms with Gasteiger partial charge in [0, 0.05) is 11.3 Å². The van der Waals surface area contributed by atoms with Crippen molar-refractivity contribution >= 4 is 28.4 Å². The Labute approximate surface area is 220 Å². The predicted molar refractivity (Wildman–Crippen MR) is 144 cm³/mol. The van der Waals surface area contributed by atoms with E-state index in [1.54, 1.807) is 42.5 Å². The van der Waals surface area contributed by atoms with Crippen LogP contribution in [-0.4, -0.2) is 29.1 Å². The summed E-state index contributed by atoms with van der Waals surface area (Å²) in [6.07, 6.45) is 0.134. The van der Waals surface area contributed by atoms with Crippen LogP contribution in [0, 0.1) is 21.4 Å². The van der Waals surface area contributed by atoms with Crippen molar-refractivity contribution in [3.05, 3.63) is 105 Å². The Hall–Kier alpha value is -3.61. The van der Waals surface area contributed by atoms with E-state index in [1.165, 1.54) is 7.11 Å². The minimum atomic E-state index is -1.01. The molecule has 0 heterocycles. The summed E-state index contributed by atoms with van der Waals surface area (Å²) in [5, 5.41) is 20.8. The normalized spacial score (nSPS) is 12.1. The number of nitro groups is 1. The number of hydrogen-bond donors (Lipinski definition) is 0. The van der Waals surface area contributed by atoms with Gasteiger partial charge >= 0.3 is 0 Å². The fourth-order valence-corrected chi connectivity index (χ4v) is 5.07. The standard InChI is InChI=1S/C27H26N2O5S2/c1-3-33-27(35)36-26(22-12-9-19(17-28)10-13-22)23(29(30)31)15-21-11-14-24(25(16-21)32-2)34-18-20-7-5-4-6-8-20/h4-14,16,23,26H,3,15,18H2,1-2H3. The zero-order valence-electron chi connectivity index (χ0n) is 20.0. The molecule has 186 valence electrons. The maximum atomic E-state index is 12.3. The van der Waals surface area contributed by atoms with Gasteiger partial charge in [0.2, 0.25) is 10.4 Å². The van der Waals surface area contributed by atoms with Crippen LogP contribution in [0.3, 0.4) is 0 Å². The van der Waals surface area contributed by atoms with Crippen LogP contribution < -0.4 is 9.47 Å². The largest absolute Gasteiger partial charge is 0.493 e. The number of thiocarbonyl (C=S) groups is 1. The lowest BCUT2D eigenvalue weighted by Gasteiger charge is -2.22. The van der Waals surface area contributed by atoms with Crippen molar-refractivity contribution in [1.82, 2.24) is 0 Å². The van der Waals surface area contributed by atoms with Gasteiger partial charge in [-0.25, -0.2) is 0 Å². The molecule has 36 heavy (non-hydrogen) atoms. The van der Waals surface area contributed by atoms with Crippen molar-refractivity contribution in [1.29, 1.82) is 5.26 Å². The van der Waals surface area contributed by atoms with Gasteiger partial charge in [-0.15, -0.1) is 0 Å². The summed E-state index contributed by atoms with van der Waals surface area (Å²) < 4.78 is 17.1. The SMILES string of the molecule is CCOC(=S)SC(c1ccc(C#N)cc1)C(Cc1ccc(OCc2ccccc2)c(OC)c1)[N+](=O)[O-]. The van der Waals surface area contributed by atoms with Gasteiger partial charge in [-0.3, -0.25) is 10.1 Å². The van der Waals surface area contributed by atoms with Crippen LogP contribution in [0.2, 0.25) is 0 Å². The number of rotatable bonds is 11. The van der Waals surface area contributed by atoms with Crippen molar-refractivity contribution in [2.24, 2.45) is 0 Å². The van der Waals surface area contributed by atoms with E-state index >= 15 is 0 Å². The van der Waals surface area contributed by atoms with Gasteiger partial charge < -0.3 is 14.2 Å². The van der Waals surface area contributed by atoms with E-state index in [0.29, 0.717) is 35.8 Å². The Morgan fingerprint density at radius 1 is 1.08 bits per heavy atom. The topological polar surface area (TPSA) is 94.6 Å². The van der Waals surface area contributed by atoms with Crippen molar-refractivity contribution in [2.45, 2.75) is 31.2 Å². The molecule has 0 saturated carbocycles. The van der Waals surface area contributed by atoms with Crippen LogP contribution in [0.25, 0.3) is 0 Å². The molecular weight excluding hydrogens is 496 g/mol. The molecule has 0 amide bonds. The fraction of sp³-hybridized carbons (Fsp3) is 0.259. The first kappa shape index (κ1) is 27.0. The highest BCUT2D eigenvalue weighted by atomic mass is 32.2. The molecule has 9 heteroatoms. The molecule has 2 unspecified atom stereocenters. The molecule has 3 aromatic rings. The van der Waals surface area contributed by atoms with E-state index in [1.807, 2.05) is 37.3 Å². The third-order valence-corrected chi connectivity index (χ3v) is 6.94. The van der Waals surface area contributed by atoms with Crippen molar-refractivity contribution < 1.29 is 19.1 Å². The van der Waals surface area contributed by atoms with E-state index in [2.05, 4.69) is 6.07 Å². The molecule has 0 aliphatic rings. The number of methoxy groups -OCH3 is 1. The maximum absolute atomic E-state index is 12.3. The molecule has 0 bridgehead atoms. The molecule has 7 nitrogen and oxygen atoms in total. The zero-order chi connectivity index (χ0) is 25.9. The van der Waals surface area contributed by atoms with Crippen LogP contribution in [0.1, 0.15) is 34.4 Å². The maximum Gasteiger partial charge on any atom is 0.233 e. The quantitative estimate of drug-likeness (QED) is 0.169. The minimum Gasteiger partial charge on any atom is -0.493 e. The number of benzene rings is 3. The second kappa shape index (κ2) is 13.5. The van der Waals surface area contributed by atoms with Crippen LogP contribution in [0.4, 0.5) is 0 Å². The van der Waals surface area contributed by atoms with Crippen molar-refractivity contribution in [3.63, 3.8) is 0 Å². The molecule has 3 rings (SSSR count). The lowest BCUT2D eigenvalue weighted by atomic mass is 9.98. The van der Waals surface area contributed by atoms with Gasteiger partial charge in [0.25, 0.3) is 0 Å². The van der Waals surface area contributed by atoms with Gasteiger partial charge in [-0.2, -0.15) is 5.26 Å². The average Bonchev–Trinajstić information content (AvgIpc) is 2.90. The highest BCUT2D eigenvalue weighted by molar-refractivity contribution is 8.22. The number of ether oxygens (including phenoxy) is 3. The smallest absolute Gasteiger partial charge is 0.233 e. The molecule has 0 aliphatic heterocycles. The molecular formula is C27H26N2O5S2. The van der Waals surface area contributed by atoms with E-state index < -0.39 is 11.3 Å². The first-order valence-electron chi connectivity index (χ1n) is 11.3. The lowest BCUT2D eigenvalue weighted by Crippen LogP contribution is -2.29. The number of hydrogen-bond acceptors (Lipinski definition) is 8. The Bertz CT molecular complexity index is 1210. The fourth-order valence-electron chi connectivity index (χ4n) is 3.60. The Morgan fingerprint density at radius 3 is 2.42 bits per heavy atom. The Kier molecular flexibility index (Phi) is 10.1. The number of nitrogens with zero attached hydrogens (tertiary/aromatic N) is 2. The molecule has 0 fully saturated rings. The second-order valence-electron chi connectivity index (χ2n) is 7.77. The third-order valence-electron chi connectivity index (χ3n) is 5.38. The average molecular weight is 523 g/mol. The monoisotopic (exact) mass is 522 g/mol. The summed E-state index contributed by atoms with van der Waals surface area (Å²) in [4.78, 5) is 12.0. The summed E-state index contributed by atoms with van der Waals surface area (Å²) in [6.45, 7) is 2.55. The van der Waals surface area contributed by atoms with E-state index in [0.717, 1.165) is 22.9 Å². The molecule has 3 aromatic carbocycles. The summed E-state index contributed by atoms with van der Waals surface area (Å²) in [5.41, 5.74) is 2.91. The molecule has 0 spiro atoms. The molecule has 0 aliphatic carbocycles. The summed E-state index contributed by atoms with van der Waals surface area (Å²) in [5.74, 6) is 1.05. The minimum absolute atomic E-state index is 0.134. The van der Waals surface area contributed by atoms with E-state index in [9.17, 15) is 10.1 Å². The number of nitriles is 1. The van der Waals surface area contributed by atoms with Gasteiger partial charge in [0.1, 0.15) is 11.9 Å². The molecule has 2 atom stereocenters. The number of thioether (sulfide) groups is 1. The van der Waals surface area contributed by atoms with Crippen molar-refractivity contribution in [2.75, 3.05) is 13.7 Å². The lowest BCUT2D eigenvalue weighted by molar-refractivity contribution is -0.522.